The van der Waals surface area contributed by atoms with E-state index in [1.807, 2.05) is 30.3 Å². The summed E-state index contributed by atoms with van der Waals surface area (Å²) in [5, 5.41) is 2.14. The Morgan fingerprint density at radius 1 is 1.15 bits per heavy atom. The van der Waals surface area contributed by atoms with E-state index in [2.05, 4.69) is 0 Å². The molecular formula is C17H21NO4PS3+. The molecule has 1 aromatic rings. The second-order valence-electron chi connectivity index (χ2n) is 5.31. The fourth-order valence-corrected chi connectivity index (χ4v) is 4.57. The first-order chi connectivity index (χ1) is 12.5. The van der Waals surface area contributed by atoms with Crippen LogP contribution in [0.5, 0.6) is 0 Å². The summed E-state index contributed by atoms with van der Waals surface area (Å²) in [6, 6.07) is 9.28. The van der Waals surface area contributed by atoms with Crippen LogP contribution in [0.15, 0.2) is 30.3 Å². The molecule has 9 heteroatoms. The van der Waals surface area contributed by atoms with Crippen molar-refractivity contribution in [2.75, 3.05) is 13.2 Å². The number of esters is 1. The van der Waals surface area contributed by atoms with E-state index in [1.165, 1.54) is 15.6 Å². The van der Waals surface area contributed by atoms with Crippen LogP contribution in [0.4, 0.5) is 4.79 Å². The highest BCUT2D eigenvalue weighted by Gasteiger charge is 2.46. The molecule has 1 aromatic carbocycles. The lowest BCUT2D eigenvalue weighted by atomic mass is 10.1. The summed E-state index contributed by atoms with van der Waals surface area (Å²) in [5.74, 6) is -0.532. The molecule has 0 aliphatic heterocycles. The third-order valence-corrected chi connectivity index (χ3v) is 6.10. The van der Waals surface area contributed by atoms with Gasteiger partial charge in [-0.05, 0) is 23.2 Å². The molecule has 0 saturated carbocycles. The van der Waals surface area contributed by atoms with Crippen LogP contribution < -0.4 is 0 Å². The Balaban J connectivity index is 3.05. The molecule has 1 amide bonds. The summed E-state index contributed by atoms with van der Waals surface area (Å²) in [6.07, 6.45) is 0.0158. The summed E-state index contributed by atoms with van der Waals surface area (Å²) < 4.78 is 10.4. The van der Waals surface area contributed by atoms with Crippen molar-refractivity contribution in [3.63, 3.8) is 0 Å². The Labute approximate surface area is 170 Å². The zero-order chi connectivity index (χ0) is 19.4. The maximum atomic E-state index is 12.8. The van der Waals surface area contributed by atoms with Crippen LogP contribution >= 0.6 is 31.8 Å². The van der Waals surface area contributed by atoms with E-state index in [4.69, 9.17) is 45.7 Å². The molecule has 0 N–H and O–H groups in total. The van der Waals surface area contributed by atoms with Gasteiger partial charge in [0.05, 0.1) is 6.61 Å². The highest BCUT2D eigenvalue weighted by Crippen LogP contribution is 2.35. The number of ether oxygens (including phenoxy) is 2. The van der Waals surface area contributed by atoms with Crippen LogP contribution in [0.25, 0.3) is 0 Å². The van der Waals surface area contributed by atoms with Gasteiger partial charge in [-0.1, -0.05) is 54.8 Å². The van der Waals surface area contributed by atoms with Crippen molar-refractivity contribution in [2.45, 2.75) is 31.7 Å². The standard InChI is InChI=1S/C17H20NO4PS3/c1-2-21-15(19)12-18(17(23-26,8-10-24)9-11-25)16(20)22-13-14-6-4-3-5-7-14/h3-7,10-11H,2,8-9,12-13H2,1H3/p+1. The first kappa shape index (κ1) is 22.7. The highest BCUT2D eigenvalue weighted by molar-refractivity contribution is 7.97. The quantitative estimate of drug-likeness (QED) is 0.301. The molecule has 26 heavy (non-hydrogen) atoms. The van der Waals surface area contributed by atoms with Crippen LogP contribution in [0.3, 0.4) is 0 Å². The Morgan fingerprint density at radius 2 is 1.77 bits per heavy atom. The fraction of sp³-hybridized carbons (Fsp3) is 0.412. The SMILES string of the molecule is CCOC(=O)CN(C(=O)OCc1ccccc1)C(CC=S)(CC=S)[PH+]=S. The lowest BCUT2D eigenvalue weighted by molar-refractivity contribution is -0.144. The zero-order valence-corrected chi connectivity index (χ0v) is 17.8. The van der Waals surface area contributed by atoms with Gasteiger partial charge in [-0.15, -0.1) is 0 Å². The predicted molar refractivity (Wildman–Crippen MR) is 115 cm³/mol. The number of hydrogen-bond acceptors (Lipinski definition) is 7. The predicted octanol–water partition coefficient (Wildman–Crippen LogP) is 3.80. The van der Waals surface area contributed by atoms with E-state index in [-0.39, 0.29) is 27.1 Å². The Hall–Kier alpha value is -1.34. The summed E-state index contributed by atoms with van der Waals surface area (Å²) in [6.45, 7) is 1.74. The number of carbonyl (C=O) groups excluding carboxylic acids is 2. The fourth-order valence-electron chi connectivity index (χ4n) is 2.24. The van der Waals surface area contributed by atoms with Gasteiger partial charge in [0.15, 0.2) is 19.2 Å². The maximum Gasteiger partial charge on any atom is 0.414 e. The third-order valence-electron chi connectivity index (χ3n) is 3.57. The molecule has 0 aliphatic carbocycles. The number of rotatable bonds is 11. The highest BCUT2D eigenvalue weighted by atomic mass is 32.4. The van der Waals surface area contributed by atoms with Gasteiger partial charge in [-0.3, -0.25) is 9.69 Å². The van der Waals surface area contributed by atoms with Gasteiger partial charge in [0.25, 0.3) is 0 Å². The molecule has 0 aliphatic rings. The number of benzene rings is 1. The van der Waals surface area contributed by atoms with Crippen LogP contribution in [0.1, 0.15) is 25.3 Å². The second kappa shape index (κ2) is 12.1. The largest absolute Gasteiger partial charge is 0.465 e. The van der Waals surface area contributed by atoms with Crippen molar-refractivity contribution in [1.82, 2.24) is 4.90 Å². The molecule has 0 aromatic heterocycles. The minimum atomic E-state index is -0.862. The van der Waals surface area contributed by atoms with Crippen molar-refractivity contribution >= 4 is 66.4 Å². The lowest BCUT2D eigenvalue weighted by Crippen LogP contribution is -2.51. The molecule has 0 saturated heterocycles. The van der Waals surface area contributed by atoms with Gasteiger partial charge >= 0.3 is 12.1 Å². The second-order valence-corrected chi connectivity index (χ2v) is 7.72. The molecule has 1 atom stereocenters. The van der Waals surface area contributed by atoms with Crippen molar-refractivity contribution in [3.05, 3.63) is 35.9 Å². The number of nitrogens with zero attached hydrogens (tertiary/aromatic N) is 1. The summed E-state index contributed by atoms with van der Waals surface area (Å²) in [5.41, 5.74) is 0.841. The molecule has 0 radical (unpaired) electrons. The molecule has 0 fully saturated rings. The zero-order valence-electron chi connectivity index (χ0n) is 14.4. The van der Waals surface area contributed by atoms with Gasteiger partial charge in [0, 0.05) is 12.8 Å². The minimum Gasteiger partial charge on any atom is -0.465 e. The molecule has 0 spiro atoms. The van der Waals surface area contributed by atoms with Crippen molar-refractivity contribution in [2.24, 2.45) is 0 Å². The van der Waals surface area contributed by atoms with E-state index >= 15 is 0 Å². The van der Waals surface area contributed by atoms with Crippen LogP contribution in [-0.4, -0.2) is 46.1 Å². The molecule has 1 unspecified atom stereocenters. The van der Waals surface area contributed by atoms with Gasteiger partial charge in [0.2, 0.25) is 5.28 Å². The van der Waals surface area contributed by atoms with Crippen LogP contribution in [0.2, 0.25) is 0 Å². The van der Waals surface area contributed by atoms with Crippen molar-refractivity contribution in [1.29, 1.82) is 0 Å². The minimum absolute atomic E-state index is 0.0881. The van der Waals surface area contributed by atoms with Gasteiger partial charge in [-0.2, -0.15) is 0 Å². The van der Waals surface area contributed by atoms with Gasteiger partial charge < -0.3 is 9.47 Å². The third kappa shape index (κ3) is 6.76. The lowest BCUT2D eigenvalue weighted by Gasteiger charge is -2.32. The van der Waals surface area contributed by atoms with E-state index in [0.29, 0.717) is 12.8 Å². The van der Waals surface area contributed by atoms with E-state index in [1.54, 1.807) is 6.92 Å². The Morgan fingerprint density at radius 3 is 2.27 bits per heavy atom. The first-order valence-electron chi connectivity index (χ1n) is 7.93. The van der Waals surface area contributed by atoms with E-state index in [9.17, 15) is 9.59 Å². The summed E-state index contributed by atoms with van der Waals surface area (Å²) in [7, 11) is -0.117. The van der Waals surface area contributed by atoms with Crippen molar-refractivity contribution in [3.8, 4) is 0 Å². The molecule has 0 bridgehead atoms. The normalized spacial score (nSPS) is 10.8. The number of thiocarbonyl (C=S) groups is 2. The van der Waals surface area contributed by atoms with E-state index < -0.39 is 17.3 Å². The summed E-state index contributed by atoms with van der Waals surface area (Å²) >= 11 is 15.3. The van der Waals surface area contributed by atoms with Gasteiger partial charge in [0.1, 0.15) is 13.2 Å². The number of amides is 1. The van der Waals surface area contributed by atoms with Crippen LogP contribution in [-0.2, 0) is 32.7 Å². The van der Waals surface area contributed by atoms with Crippen LogP contribution in [0, 0.1) is 0 Å². The average molecular weight is 431 g/mol. The smallest absolute Gasteiger partial charge is 0.414 e. The Kier molecular flexibility index (Phi) is 10.6. The maximum absolute atomic E-state index is 12.8. The first-order valence-corrected chi connectivity index (χ1v) is 11.0. The molecule has 0 heterocycles. The topological polar surface area (TPSA) is 55.8 Å². The number of carbonyl (C=O) groups is 2. The number of hydrogen-bond donors (Lipinski definition) is 0. The average Bonchev–Trinajstić information content (AvgIpc) is 2.65. The van der Waals surface area contributed by atoms with E-state index in [0.717, 1.165) is 5.56 Å². The molecular weight excluding hydrogens is 409 g/mol. The Bertz CT molecular complexity index is 632. The monoisotopic (exact) mass is 430 g/mol. The molecule has 140 valence electrons. The molecule has 5 nitrogen and oxygen atoms in total. The molecule has 1 rings (SSSR count). The van der Waals surface area contributed by atoms with Crippen molar-refractivity contribution < 1.29 is 19.1 Å². The van der Waals surface area contributed by atoms with Gasteiger partial charge in [-0.25, -0.2) is 4.79 Å². The summed E-state index contributed by atoms with van der Waals surface area (Å²) in [4.78, 5) is 26.1.